The van der Waals surface area contributed by atoms with Gasteiger partial charge in [-0.3, -0.25) is 0 Å². The van der Waals surface area contributed by atoms with Gasteiger partial charge in [0.1, 0.15) is 5.75 Å². The fourth-order valence-electron chi connectivity index (χ4n) is 3.15. The number of aromatic hydroxyl groups is 1. The Morgan fingerprint density at radius 1 is 1.00 bits per heavy atom. The largest absolute Gasteiger partial charge is 0.508 e. The molecule has 6 heteroatoms. The van der Waals surface area contributed by atoms with Crippen molar-refractivity contribution in [2.45, 2.75) is 38.4 Å². The SMILES string of the molecule is CC(C)(c1ccc(CC(O)O)cc1N)c1cc(N)c(CCO)cc1O. The first kappa shape index (κ1) is 19.1. The minimum absolute atomic E-state index is 0.0441. The summed E-state index contributed by atoms with van der Waals surface area (Å²) in [5.74, 6) is 0.0944. The van der Waals surface area contributed by atoms with Crippen LogP contribution in [0.15, 0.2) is 30.3 Å². The van der Waals surface area contributed by atoms with Gasteiger partial charge in [0.25, 0.3) is 0 Å². The molecule has 0 fully saturated rings. The van der Waals surface area contributed by atoms with Crippen LogP contribution in [0.2, 0.25) is 0 Å². The Morgan fingerprint density at radius 2 is 1.68 bits per heavy atom. The number of hydrogen-bond donors (Lipinski definition) is 6. The molecule has 0 amide bonds. The Kier molecular flexibility index (Phi) is 5.57. The van der Waals surface area contributed by atoms with Crippen molar-refractivity contribution in [2.75, 3.05) is 18.1 Å². The molecule has 0 saturated heterocycles. The van der Waals surface area contributed by atoms with Crippen molar-refractivity contribution < 1.29 is 20.4 Å². The molecule has 2 aromatic carbocycles. The van der Waals surface area contributed by atoms with E-state index in [0.717, 1.165) is 5.56 Å². The van der Waals surface area contributed by atoms with Crippen molar-refractivity contribution in [1.29, 1.82) is 0 Å². The molecule has 0 spiro atoms. The lowest BCUT2D eigenvalue weighted by Gasteiger charge is -2.29. The standard InChI is InChI=1S/C19H26N2O4/c1-19(2,13-4-3-11(7-16(13)21)8-18(24)25)14-10-15(20)12(5-6-22)9-17(14)23/h3-4,7,9-10,18,22-25H,5-6,8,20-21H2,1-2H3. The maximum atomic E-state index is 10.5. The first-order valence-corrected chi connectivity index (χ1v) is 8.14. The molecule has 8 N–H and O–H groups in total. The number of benzene rings is 2. The summed E-state index contributed by atoms with van der Waals surface area (Å²) in [6.07, 6.45) is -0.958. The molecule has 0 radical (unpaired) electrons. The van der Waals surface area contributed by atoms with Crippen LogP contribution in [-0.4, -0.2) is 33.3 Å². The van der Waals surface area contributed by atoms with Crippen molar-refractivity contribution in [3.63, 3.8) is 0 Å². The van der Waals surface area contributed by atoms with Crippen molar-refractivity contribution in [3.8, 4) is 5.75 Å². The average Bonchev–Trinajstić information content (AvgIpc) is 2.49. The average molecular weight is 346 g/mol. The van der Waals surface area contributed by atoms with Crippen LogP contribution in [0.1, 0.15) is 36.1 Å². The van der Waals surface area contributed by atoms with Crippen LogP contribution in [0.3, 0.4) is 0 Å². The van der Waals surface area contributed by atoms with Gasteiger partial charge in [-0.25, -0.2) is 0 Å². The minimum atomic E-state index is -1.43. The van der Waals surface area contributed by atoms with Crippen LogP contribution in [0.25, 0.3) is 0 Å². The molecule has 2 aromatic rings. The van der Waals surface area contributed by atoms with Crippen LogP contribution in [0.5, 0.6) is 5.75 Å². The van der Waals surface area contributed by atoms with Gasteiger partial charge >= 0.3 is 0 Å². The Hall–Kier alpha value is -2.28. The molecule has 0 aliphatic rings. The van der Waals surface area contributed by atoms with Crippen molar-refractivity contribution in [3.05, 3.63) is 52.6 Å². The molecule has 0 aliphatic carbocycles. The van der Waals surface area contributed by atoms with Gasteiger partial charge in [0.2, 0.25) is 0 Å². The molecule has 136 valence electrons. The van der Waals surface area contributed by atoms with E-state index in [4.69, 9.17) is 26.8 Å². The zero-order valence-electron chi connectivity index (χ0n) is 14.5. The summed E-state index contributed by atoms with van der Waals surface area (Å²) in [5, 5.41) is 37.7. The number of hydrogen-bond acceptors (Lipinski definition) is 6. The summed E-state index contributed by atoms with van der Waals surface area (Å²) in [6.45, 7) is 3.82. The third-order valence-electron chi connectivity index (χ3n) is 4.52. The summed E-state index contributed by atoms with van der Waals surface area (Å²) in [4.78, 5) is 0. The molecule has 6 nitrogen and oxygen atoms in total. The summed E-state index contributed by atoms with van der Waals surface area (Å²) >= 11 is 0. The molecule has 0 atom stereocenters. The number of nitrogen functional groups attached to an aromatic ring is 2. The van der Waals surface area contributed by atoms with E-state index in [1.54, 1.807) is 24.3 Å². The highest BCUT2D eigenvalue weighted by Crippen LogP contribution is 2.41. The van der Waals surface area contributed by atoms with E-state index in [1.807, 2.05) is 19.9 Å². The van der Waals surface area contributed by atoms with Gasteiger partial charge in [-0.05, 0) is 41.3 Å². The first-order valence-electron chi connectivity index (χ1n) is 8.14. The highest BCUT2D eigenvalue weighted by molar-refractivity contribution is 5.62. The zero-order valence-corrected chi connectivity index (χ0v) is 14.5. The number of aliphatic hydroxyl groups is 3. The fraction of sp³-hybridized carbons (Fsp3) is 0.368. The summed E-state index contributed by atoms with van der Waals surface area (Å²) in [7, 11) is 0. The van der Waals surface area contributed by atoms with Crippen molar-refractivity contribution >= 4 is 11.4 Å². The Morgan fingerprint density at radius 3 is 2.24 bits per heavy atom. The molecule has 0 bridgehead atoms. The Balaban J connectivity index is 2.46. The highest BCUT2D eigenvalue weighted by Gasteiger charge is 2.29. The van der Waals surface area contributed by atoms with Gasteiger partial charge in [-0.15, -0.1) is 0 Å². The number of anilines is 2. The second kappa shape index (κ2) is 7.31. The van der Waals surface area contributed by atoms with Crippen molar-refractivity contribution in [1.82, 2.24) is 0 Å². The van der Waals surface area contributed by atoms with Gasteiger partial charge in [-0.1, -0.05) is 26.0 Å². The van der Waals surface area contributed by atoms with E-state index >= 15 is 0 Å². The Labute approximate surface area is 147 Å². The predicted molar refractivity (Wildman–Crippen MR) is 98.2 cm³/mol. The van der Waals surface area contributed by atoms with Crippen molar-refractivity contribution in [2.24, 2.45) is 0 Å². The maximum absolute atomic E-state index is 10.5. The molecule has 0 aliphatic heterocycles. The third kappa shape index (κ3) is 4.04. The topological polar surface area (TPSA) is 133 Å². The zero-order chi connectivity index (χ0) is 18.8. The summed E-state index contributed by atoms with van der Waals surface area (Å²) < 4.78 is 0. The second-order valence-electron chi connectivity index (χ2n) is 6.77. The normalized spacial score (nSPS) is 11.9. The van der Waals surface area contributed by atoms with E-state index in [1.165, 1.54) is 0 Å². The fourth-order valence-corrected chi connectivity index (χ4v) is 3.15. The molecule has 0 heterocycles. The van der Waals surface area contributed by atoms with Gasteiger partial charge in [0.15, 0.2) is 6.29 Å². The molecular weight excluding hydrogens is 320 g/mol. The van der Waals surface area contributed by atoms with Crippen LogP contribution in [0, 0.1) is 0 Å². The predicted octanol–water partition coefficient (Wildman–Crippen LogP) is 1.27. The van der Waals surface area contributed by atoms with Gasteiger partial charge in [0.05, 0.1) is 0 Å². The quantitative estimate of drug-likeness (QED) is 0.265. The number of rotatable bonds is 6. The number of phenolic OH excluding ortho intramolecular Hbond substituents is 1. The van der Waals surface area contributed by atoms with E-state index in [0.29, 0.717) is 34.5 Å². The van der Waals surface area contributed by atoms with Crippen LogP contribution < -0.4 is 11.5 Å². The van der Waals surface area contributed by atoms with Crippen LogP contribution >= 0.6 is 0 Å². The van der Waals surface area contributed by atoms with Gasteiger partial charge in [-0.2, -0.15) is 0 Å². The minimum Gasteiger partial charge on any atom is -0.508 e. The lowest BCUT2D eigenvalue weighted by molar-refractivity contribution is -0.0381. The highest BCUT2D eigenvalue weighted by atomic mass is 16.5. The smallest absolute Gasteiger partial charge is 0.155 e. The van der Waals surface area contributed by atoms with E-state index in [9.17, 15) is 5.11 Å². The third-order valence-corrected chi connectivity index (χ3v) is 4.52. The number of aliphatic hydroxyl groups excluding tert-OH is 2. The van der Waals surface area contributed by atoms with Crippen LogP contribution in [-0.2, 0) is 18.3 Å². The van der Waals surface area contributed by atoms with Crippen LogP contribution in [0.4, 0.5) is 11.4 Å². The monoisotopic (exact) mass is 346 g/mol. The van der Waals surface area contributed by atoms with E-state index in [2.05, 4.69) is 0 Å². The molecule has 0 unspecified atom stereocenters. The lowest BCUT2D eigenvalue weighted by atomic mass is 9.76. The van der Waals surface area contributed by atoms with E-state index in [-0.39, 0.29) is 18.8 Å². The first-order chi connectivity index (χ1) is 11.7. The number of phenols is 1. The van der Waals surface area contributed by atoms with Gasteiger partial charge in [0, 0.05) is 35.4 Å². The molecule has 25 heavy (non-hydrogen) atoms. The van der Waals surface area contributed by atoms with Gasteiger partial charge < -0.3 is 31.9 Å². The maximum Gasteiger partial charge on any atom is 0.155 e. The molecule has 0 aromatic heterocycles. The summed E-state index contributed by atoms with van der Waals surface area (Å²) in [6, 6.07) is 8.61. The Bertz CT molecular complexity index is 757. The second-order valence-corrected chi connectivity index (χ2v) is 6.77. The molecule has 0 saturated carbocycles. The molecular formula is C19H26N2O4. The molecule has 2 rings (SSSR count). The van der Waals surface area contributed by atoms with E-state index < -0.39 is 11.7 Å². The summed E-state index contributed by atoms with van der Waals surface area (Å²) in [5.41, 5.74) is 15.5. The number of nitrogens with two attached hydrogens (primary N) is 2. The lowest BCUT2D eigenvalue weighted by Crippen LogP contribution is -2.22.